The third-order valence-corrected chi connectivity index (χ3v) is 5.23. The molecule has 3 rings (SSSR count). The van der Waals surface area contributed by atoms with Gasteiger partial charge in [-0.2, -0.15) is 0 Å². The first-order valence-corrected chi connectivity index (χ1v) is 9.09. The Labute approximate surface area is 178 Å². The second-order valence-corrected chi connectivity index (χ2v) is 7.04. The lowest BCUT2D eigenvalue weighted by Crippen LogP contribution is -2.48. The van der Waals surface area contributed by atoms with Crippen LogP contribution < -0.4 is 15.5 Å². The summed E-state index contributed by atoms with van der Waals surface area (Å²) in [6.07, 6.45) is 0.549. The molecule has 2 heterocycles. The van der Waals surface area contributed by atoms with Crippen molar-refractivity contribution in [3.05, 3.63) is 24.3 Å². The molecule has 2 atom stereocenters. The average molecular weight is 431 g/mol. The van der Waals surface area contributed by atoms with E-state index < -0.39 is 0 Å². The second kappa shape index (κ2) is 10.6. The van der Waals surface area contributed by atoms with Gasteiger partial charge in [0, 0.05) is 56.9 Å². The van der Waals surface area contributed by atoms with E-state index in [4.69, 9.17) is 0 Å². The Morgan fingerprint density at radius 3 is 2.32 bits per heavy atom. The summed E-state index contributed by atoms with van der Waals surface area (Å²) >= 11 is 0. The van der Waals surface area contributed by atoms with Crippen LogP contribution in [0, 0.1) is 5.92 Å². The summed E-state index contributed by atoms with van der Waals surface area (Å²) in [6.45, 7) is 6.72. The van der Waals surface area contributed by atoms with E-state index in [-0.39, 0.29) is 54.4 Å². The summed E-state index contributed by atoms with van der Waals surface area (Å²) in [5, 5.41) is 6.07. The van der Waals surface area contributed by atoms with E-state index in [0.717, 1.165) is 24.5 Å². The van der Waals surface area contributed by atoms with Gasteiger partial charge in [-0.3, -0.25) is 14.4 Å². The fraction of sp³-hybridized carbons (Fsp3) is 0.526. The van der Waals surface area contributed by atoms with Crippen LogP contribution in [0.1, 0.15) is 20.3 Å². The van der Waals surface area contributed by atoms with Gasteiger partial charge < -0.3 is 20.4 Å². The molecule has 28 heavy (non-hydrogen) atoms. The number of carbonyl (C=O) groups is 3. The van der Waals surface area contributed by atoms with Crippen LogP contribution in [0.2, 0.25) is 0 Å². The summed E-state index contributed by atoms with van der Waals surface area (Å²) in [7, 11) is 0. The first-order chi connectivity index (χ1) is 12.4. The molecule has 2 unspecified atom stereocenters. The number of rotatable bonds is 4. The van der Waals surface area contributed by atoms with Crippen molar-refractivity contribution in [2.45, 2.75) is 26.3 Å². The number of hydrogen-bond acceptors (Lipinski definition) is 5. The first kappa shape index (κ1) is 24.2. The minimum Gasteiger partial charge on any atom is -0.368 e. The molecule has 0 spiro atoms. The molecule has 2 saturated heterocycles. The van der Waals surface area contributed by atoms with Crippen molar-refractivity contribution in [3.8, 4) is 0 Å². The number of hydrogen-bond donors (Lipinski definition) is 2. The van der Waals surface area contributed by atoms with Gasteiger partial charge in [0.15, 0.2) is 0 Å². The van der Waals surface area contributed by atoms with Crippen LogP contribution in [0.5, 0.6) is 0 Å². The maximum absolute atomic E-state index is 12.4. The molecule has 1 aromatic rings. The molecule has 156 valence electrons. The Hall–Kier alpha value is -1.83. The number of carbonyl (C=O) groups excluding carboxylic acids is 3. The molecule has 2 N–H and O–H groups in total. The molecule has 0 aromatic heterocycles. The number of nitrogens with zero attached hydrogens (tertiary/aromatic N) is 2. The van der Waals surface area contributed by atoms with Crippen molar-refractivity contribution in [2.75, 3.05) is 42.9 Å². The van der Waals surface area contributed by atoms with E-state index in [1.165, 1.54) is 0 Å². The van der Waals surface area contributed by atoms with Gasteiger partial charge in [-0.15, -0.1) is 24.8 Å². The normalized spacial score (nSPS) is 21.4. The number of nitrogens with one attached hydrogen (secondary N) is 2. The summed E-state index contributed by atoms with van der Waals surface area (Å²) in [4.78, 5) is 39.4. The smallest absolute Gasteiger partial charge is 0.241 e. The molecule has 1 aromatic carbocycles. The fourth-order valence-corrected chi connectivity index (χ4v) is 3.53. The third-order valence-electron chi connectivity index (χ3n) is 5.23. The minimum absolute atomic E-state index is 0. The average Bonchev–Trinajstić information content (AvgIpc) is 3.13. The molecule has 0 aliphatic carbocycles. The molecule has 0 radical (unpaired) electrons. The van der Waals surface area contributed by atoms with Gasteiger partial charge in [0.25, 0.3) is 0 Å². The van der Waals surface area contributed by atoms with Crippen LogP contribution in [-0.4, -0.2) is 61.3 Å². The van der Waals surface area contributed by atoms with Gasteiger partial charge in [0.2, 0.25) is 11.8 Å². The van der Waals surface area contributed by atoms with Gasteiger partial charge in [0.1, 0.15) is 5.78 Å². The van der Waals surface area contributed by atoms with Crippen molar-refractivity contribution in [3.63, 3.8) is 0 Å². The van der Waals surface area contributed by atoms with E-state index in [2.05, 4.69) is 15.5 Å². The van der Waals surface area contributed by atoms with Crippen molar-refractivity contribution < 1.29 is 14.4 Å². The highest BCUT2D eigenvalue weighted by molar-refractivity contribution is 5.96. The summed E-state index contributed by atoms with van der Waals surface area (Å²) < 4.78 is 0. The van der Waals surface area contributed by atoms with Gasteiger partial charge >= 0.3 is 0 Å². The largest absolute Gasteiger partial charge is 0.368 e. The van der Waals surface area contributed by atoms with Gasteiger partial charge in [-0.25, -0.2) is 0 Å². The minimum atomic E-state index is -0.327. The zero-order chi connectivity index (χ0) is 18.7. The van der Waals surface area contributed by atoms with E-state index in [9.17, 15) is 14.4 Å². The molecule has 2 amide bonds. The predicted molar refractivity (Wildman–Crippen MR) is 115 cm³/mol. The predicted octanol–water partition coefficient (Wildman–Crippen LogP) is 1.70. The topological polar surface area (TPSA) is 81.8 Å². The standard InChI is InChI=1S/C19H26N4O3.2ClH/c1-13(24)15-10-18(20-12-15)19(26)21-16-4-3-5-17(11-16)23-8-6-22(7-9-23)14(2)25;;/h3-5,11,15,18,20H,6-10,12H2,1-2H3,(H,21,26);2*1H. The summed E-state index contributed by atoms with van der Waals surface area (Å²) in [6, 6.07) is 7.43. The van der Waals surface area contributed by atoms with Crippen molar-refractivity contribution in [1.82, 2.24) is 10.2 Å². The fourth-order valence-electron chi connectivity index (χ4n) is 3.53. The Balaban J connectivity index is 0.00000196. The van der Waals surface area contributed by atoms with Gasteiger partial charge in [0.05, 0.1) is 6.04 Å². The van der Waals surface area contributed by atoms with Crippen molar-refractivity contribution in [2.24, 2.45) is 5.92 Å². The van der Waals surface area contributed by atoms with Crippen molar-refractivity contribution in [1.29, 1.82) is 0 Å². The van der Waals surface area contributed by atoms with E-state index in [0.29, 0.717) is 26.1 Å². The van der Waals surface area contributed by atoms with Gasteiger partial charge in [-0.05, 0) is 31.5 Å². The number of halogens is 2. The summed E-state index contributed by atoms with van der Waals surface area (Å²) in [5.74, 6) is 0.0556. The Morgan fingerprint density at radius 2 is 1.75 bits per heavy atom. The molecule has 9 heteroatoms. The molecule has 7 nitrogen and oxygen atoms in total. The van der Waals surface area contributed by atoms with Crippen LogP contribution in [0.4, 0.5) is 11.4 Å². The van der Waals surface area contributed by atoms with Gasteiger partial charge in [-0.1, -0.05) is 6.07 Å². The molecule has 0 bridgehead atoms. The zero-order valence-corrected chi connectivity index (χ0v) is 17.8. The SMILES string of the molecule is CC(=O)C1CNC(C(=O)Nc2cccc(N3CCN(C(C)=O)CC3)c2)C1.Cl.Cl. The lowest BCUT2D eigenvalue weighted by atomic mass is 10.0. The Kier molecular flexibility index (Phi) is 9.20. The molecular weight excluding hydrogens is 403 g/mol. The van der Waals surface area contributed by atoms with E-state index in [1.807, 2.05) is 29.2 Å². The second-order valence-electron chi connectivity index (χ2n) is 7.04. The highest BCUT2D eigenvalue weighted by Crippen LogP contribution is 2.22. The van der Waals surface area contributed by atoms with Crippen molar-refractivity contribution >= 4 is 53.8 Å². The number of anilines is 2. The first-order valence-electron chi connectivity index (χ1n) is 9.09. The lowest BCUT2D eigenvalue weighted by molar-refractivity contribution is -0.129. The van der Waals surface area contributed by atoms with E-state index >= 15 is 0 Å². The van der Waals surface area contributed by atoms with E-state index in [1.54, 1.807) is 13.8 Å². The monoisotopic (exact) mass is 430 g/mol. The van der Waals surface area contributed by atoms with Crippen LogP contribution in [0.25, 0.3) is 0 Å². The Morgan fingerprint density at radius 1 is 1.07 bits per heavy atom. The summed E-state index contributed by atoms with van der Waals surface area (Å²) in [5.41, 5.74) is 1.78. The highest BCUT2D eigenvalue weighted by Gasteiger charge is 2.31. The zero-order valence-electron chi connectivity index (χ0n) is 16.1. The maximum Gasteiger partial charge on any atom is 0.241 e. The molecule has 2 fully saturated rings. The number of Topliss-reactive ketones (excluding diaryl/α,β-unsaturated/α-hetero) is 1. The molecule has 2 aliphatic heterocycles. The number of piperazine rings is 1. The molecule has 2 aliphatic rings. The molecular formula is C19H28Cl2N4O3. The molecule has 0 saturated carbocycles. The maximum atomic E-state index is 12.4. The lowest BCUT2D eigenvalue weighted by Gasteiger charge is -2.35. The quantitative estimate of drug-likeness (QED) is 0.759. The van der Waals surface area contributed by atoms with Crippen LogP contribution >= 0.6 is 24.8 Å². The third kappa shape index (κ3) is 5.83. The van der Waals surface area contributed by atoms with Crippen LogP contribution in [-0.2, 0) is 14.4 Å². The van der Waals surface area contributed by atoms with Crippen LogP contribution in [0.15, 0.2) is 24.3 Å². The number of benzene rings is 1. The number of amides is 2. The van der Waals surface area contributed by atoms with Crippen LogP contribution in [0.3, 0.4) is 0 Å². The number of ketones is 1. The highest BCUT2D eigenvalue weighted by atomic mass is 35.5. The Bertz CT molecular complexity index is 708.